The summed E-state index contributed by atoms with van der Waals surface area (Å²) >= 11 is 0. The van der Waals surface area contributed by atoms with Crippen molar-refractivity contribution in [1.29, 1.82) is 0 Å². The Morgan fingerprint density at radius 2 is 2.12 bits per heavy atom. The van der Waals surface area contributed by atoms with Crippen LogP contribution in [0.25, 0.3) is 11.3 Å². The molecule has 0 unspecified atom stereocenters. The quantitative estimate of drug-likeness (QED) is 0.837. The van der Waals surface area contributed by atoms with Gasteiger partial charge in [-0.1, -0.05) is 0 Å². The molecule has 0 spiro atoms. The van der Waals surface area contributed by atoms with Crippen molar-refractivity contribution in [2.75, 3.05) is 6.54 Å². The smallest absolute Gasteiger partial charge is 0.0956 e. The minimum absolute atomic E-state index is 0.137. The maximum Gasteiger partial charge on any atom is 0.0956 e. The average Bonchev–Trinajstić information content (AvgIpc) is 2.85. The second kappa shape index (κ2) is 3.75. The molecule has 2 heterocycles. The van der Waals surface area contributed by atoms with Crippen molar-refractivity contribution in [3.05, 3.63) is 24.9 Å². The third-order valence-corrected chi connectivity index (χ3v) is 2.79. The first-order valence-electron chi connectivity index (χ1n) is 5.26. The lowest BCUT2D eigenvalue weighted by Gasteiger charge is -2.26. The molecule has 0 fully saturated rings. The van der Waals surface area contributed by atoms with E-state index in [9.17, 15) is 0 Å². The van der Waals surface area contributed by atoms with Gasteiger partial charge in [-0.15, -0.1) is 0 Å². The summed E-state index contributed by atoms with van der Waals surface area (Å²) in [6.45, 7) is 4.75. The van der Waals surface area contributed by atoms with E-state index in [-0.39, 0.29) is 5.54 Å². The zero-order chi connectivity index (χ0) is 11.8. The Morgan fingerprint density at radius 3 is 2.69 bits per heavy atom. The molecule has 5 nitrogen and oxygen atoms in total. The van der Waals surface area contributed by atoms with Gasteiger partial charge in [0.15, 0.2) is 0 Å². The number of nitrogens with zero attached hydrogens (tertiary/aromatic N) is 4. The molecule has 0 atom stereocenters. The number of aryl methyl sites for hydroxylation is 1. The highest BCUT2D eigenvalue weighted by Crippen LogP contribution is 2.24. The molecule has 16 heavy (non-hydrogen) atoms. The number of imidazole rings is 1. The van der Waals surface area contributed by atoms with Crippen molar-refractivity contribution in [2.45, 2.75) is 19.4 Å². The van der Waals surface area contributed by atoms with Crippen molar-refractivity contribution in [1.82, 2.24) is 19.3 Å². The molecule has 2 aromatic rings. The fourth-order valence-corrected chi connectivity index (χ4v) is 1.64. The fourth-order valence-electron chi connectivity index (χ4n) is 1.64. The molecule has 0 radical (unpaired) electrons. The molecule has 2 rings (SSSR count). The Hall–Kier alpha value is -1.62. The van der Waals surface area contributed by atoms with E-state index in [2.05, 4.69) is 28.5 Å². The Bertz CT molecular complexity index is 480. The molecule has 0 aliphatic carbocycles. The van der Waals surface area contributed by atoms with Gasteiger partial charge in [0.1, 0.15) is 0 Å². The molecule has 0 aromatic carbocycles. The predicted molar refractivity (Wildman–Crippen MR) is 62.8 cm³/mol. The highest BCUT2D eigenvalue weighted by molar-refractivity contribution is 5.57. The average molecular weight is 219 g/mol. The van der Waals surface area contributed by atoms with Crippen LogP contribution in [-0.2, 0) is 12.6 Å². The molecule has 2 aromatic heterocycles. The third-order valence-electron chi connectivity index (χ3n) is 2.79. The third kappa shape index (κ3) is 1.74. The van der Waals surface area contributed by atoms with Crippen LogP contribution in [0.15, 0.2) is 24.9 Å². The topological polar surface area (TPSA) is 61.7 Å². The first-order chi connectivity index (χ1) is 7.54. The van der Waals surface area contributed by atoms with Crippen molar-refractivity contribution in [2.24, 2.45) is 12.8 Å². The first-order valence-corrected chi connectivity index (χ1v) is 5.26. The van der Waals surface area contributed by atoms with Gasteiger partial charge in [-0.2, -0.15) is 5.10 Å². The van der Waals surface area contributed by atoms with E-state index in [1.54, 1.807) is 4.68 Å². The lowest BCUT2D eigenvalue weighted by atomic mass is 10.1. The van der Waals surface area contributed by atoms with Gasteiger partial charge < -0.3 is 10.3 Å². The molecule has 0 saturated carbocycles. The van der Waals surface area contributed by atoms with Gasteiger partial charge >= 0.3 is 0 Å². The molecule has 0 amide bonds. The molecular formula is C11H17N5. The summed E-state index contributed by atoms with van der Waals surface area (Å²) in [6.07, 6.45) is 7.46. The predicted octanol–water partition coefficient (Wildman–Crippen LogP) is 0.977. The van der Waals surface area contributed by atoms with Crippen LogP contribution in [0.1, 0.15) is 13.8 Å². The van der Waals surface area contributed by atoms with Crippen LogP contribution in [0.2, 0.25) is 0 Å². The van der Waals surface area contributed by atoms with Gasteiger partial charge in [-0.3, -0.25) is 4.68 Å². The molecule has 0 bridgehead atoms. The molecule has 0 saturated heterocycles. The molecule has 2 N–H and O–H groups in total. The Balaban J connectivity index is 2.48. The van der Waals surface area contributed by atoms with Crippen LogP contribution in [0, 0.1) is 0 Å². The standard InChI is InChI=1S/C11H17N5/c1-11(2,7-12)16-8-13-5-10(16)9-4-14-15(3)6-9/h4-6,8H,7,12H2,1-3H3. The maximum atomic E-state index is 5.78. The summed E-state index contributed by atoms with van der Waals surface area (Å²) in [4.78, 5) is 4.19. The van der Waals surface area contributed by atoms with Crippen LogP contribution in [-0.4, -0.2) is 25.9 Å². The van der Waals surface area contributed by atoms with Gasteiger partial charge in [-0.05, 0) is 13.8 Å². The minimum atomic E-state index is -0.137. The van der Waals surface area contributed by atoms with E-state index < -0.39 is 0 Å². The lowest BCUT2D eigenvalue weighted by Crippen LogP contribution is -2.34. The highest BCUT2D eigenvalue weighted by atomic mass is 15.2. The van der Waals surface area contributed by atoms with Crippen LogP contribution >= 0.6 is 0 Å². The second-order valence-corrected chi connectivity index (χ2v) is 4.57. The first kappa shape index (κ1) is 10.9. The fraction of sp³-hybridized carbons (Fsp3) is 0.455. The summed E-state index contributed by atoms with van der Waals surface area (Å²) in [5.41, 5.74) is 7.74. The van der Waals surface area contributed by atoms with Crippen LogP contribution in [0.5, 0.6) is 0 Å². The molecule has 5 heteroatoms. The van der Waals surface area contributed by atoms with Crippen LogP contribution < -0.4 is 5.73 Å². The van der Waals surface area contributed by atoms with Crippen molar-refractivity contribution in [3.8, 4) is 11.3 Å². The Labute approximate surface area is 94.9 Å². The van der Waals surface area contributed by atoms with Gasteiger partial charge in [0, 0.05) is 25.4 Å². The van der Waals surface area contributed by atoms with Gasteiger partial charge in [-0.25, -0.2) is 4.98 Å². The number of aromatic nitrogens is 4. The number of nitrogens with two attached hydrogens (primary N) is 1. The maximum absolute atomic E-state index is 5.78. The lowest BCUT2D eigenvalue weighted by molar-refractivity contribution is 0.370. The van der Waals surface area contributed by atoms with Crippen LogP contribution in [0.4, 0.5) is 0 Å². The van der Waals surface area contributed by atoms with Gasteiger partial charge in [0.2, 0.25) is 0 Å². The Kier molecular flexibility index (Phi) is 2.55. The number of hydrogen-bond acceptors (Lipinski definition) is 3. The summed E-state index contributed by atoms with van der Waals surface area (Å²) < 4.78 is 3.87. The summed E-state index contributed by atoms with van der Waals surface area (Å²) in [5.74, 6) is 0. The van der Waals surface area contributed by atoms with Crippen molar-refractivity contribution < 1.29 is 0 Å². The molecule has 86 valence electrons. The molecular weight excluding hydrogens is 202 g/mol. The van der Waals surface area contributed by atoms with E-state index >= 15 is 0 Å². The second-order valence-electron chi connectivity index (χ2n) is 4.57. The molecule has 0 aliphatic rings. The largest absolute Gasteiger partial charge is 0.328 e. The van der Waals surface area contributed by atoms with E-state index in [0.717, 1.165) is 11.3 Å². The summed E-state index contributed by atoms with van der Waals surface area (Å²) in [7, 11) is 1.90. The van der Waals surface area contributed by atoms with E-state index in [1.807, 2.05) is 32.0 Å². The van der Waals surface area contributed by atoms with Crippen molar-refractivity contribution >= 4 is 0 Å². The van der Waals surface area contributed by atoms with Gasteiger partial charge in [0.05, 0.1) is 30.0 Å². The number of rotatable bonds is 3. The SMILES string of the molecule is Cn1cc(-c2cncn2C(C)(C)CN)cn1. The van der Waals surface area contributed by atoms with Crippen LogP contribution in [0.3, 0.4) is 0 Å². The summed E-state index contributed by atoms with van der Waals surface area (Å²) in [5, 5.41) is 4.17. The van der Waals surface area contributed by atoms with Crippen molar-refractivity contribution in [3.63, 3.8) is 0 Å². The van der Waals surface area contributed by atoms with E-state index in [4.69, 9.17) is 5.73 Å². The monoisotopic (exact) mass is 219 g/mol. The normalized spacial score (nSPS) is 12.0. The summed E-state index contributed by atoms with van der Waals surface area (Å²) in [6, 6.07) is 0. The van der Waals surface area contributed by atoms with Gasteiger partial charge in [0.25, 0.3) is 0 Å². The number of hydrogen-bond donors (Lipinski definition) is 1. The zero-order valence-corrected chi connectivity index (χ0v) is 9.88. The van der Waals surface area contributed by atoms with E-state index in [0.29, 0.717) is 6.54 Å². The molecule has 0 aliphatic heterocycles. The highest BCUT2D eigenvalue weighted by Gasteiger charge is 2.21. The van der Waals surface area contributed by atoms with E-state index in [1.165, 1.54) is 0 Å². The zero-order valence-electron chi connectivity index (χ0n) is 9.88. The Morgan fingerprint density at radius 1 is 1.38 bits per heavy atom. The minimum Gasteiger partial charge on any atom is -0.328 e.